The number of hydrogen-bond donors (Lipinski definition) is 2. The number of carbonyl (C=O) groups excluding carboxylic acids is 1. The highest BCUT2D eigenvalue weighted by Gasteiger charge is 2.09. The van der Waals surface area contributed by atoms with Crippen LogP contribution in [0.4, 0.5) is 10.1 Å². The first kappa shape index (κ1) is 10.5. The van der Waals surface area contributed by atoms with Crippen LogP contribution in [0.3, 0.4) is 0 Å². The summed E-state index contributed by atoms with van der Waals surface area (Å²) in [5.74, 6) is -0.989. The summed E-state index contributed by atoms with van der Waals surface area (Å²) >= 11 is 0. The largest absolute Gasteiger partial charge is 0.363 e. The molecule has 0 aliphatic carbocycles. The SMILES string of the molecule is CN(CC(=O)NO)c1ccccc1F. The number of amides is 1. The summed E-state index contributed by atoms with van der Waals surface area (Å²) in [6, 6.07) is 6.10. The van der Waals surface area contributed by atoms with Crippen molar-refractivity contribution in [2.45, 2.75) is 0 Å². The number of benzene rings is 1. The molecule has 0 fully saturated rings. The fourth-order valence-electron chi connectivity index (χ4n) is 1.10. The molecule has 0 bridgehead atoms. The lowest BCUT2D eigenvalue weighted by atomic mass is 10.3. The summed E-state index contributed by atoms with van der Waals surface area (Å²) in [6.45, 7) is -0.0998. The van der Waals surface area contributed by atoms with Crippen molar-refractivity contribution in [1.82, 2.24) is 5.48 Å². The van der Waals surface area contributed by atoms with Crippen LogP contribution in [0.25, 0.3) is 0 Å². The van der Waals surface area contributed by atoms with Crippen LogP contribution in [-0.2, 0) is 4.79 Å². The molecule has 0 atom stereocenters. The van der Waals surface area contributed by atoms with Gasteiger partial charge >= 0.3 is 0 Å². The number of nitrogens with one attached hydrogen (secondary N) is 1. The first-order valence-corrected chi connectivity index (χ1v) is 4.03. The third kappa shape index (κ3) is 2.43. The van der Waals surface area contributed by atoms with Gasteiger partial charge in [0.05, 0.1) is 12.2 Å². The Labute approximate surface area is 80.9 Å². The number of nitrogens with zero attached hydrogens (tertiary/aromatic N) is 1. The molecule has 0 aromatic heterocycles. The maximum atomic E-state index is 13.2. The highest BCUT2D eigenvalue weighted by atomic mass is 19.1. The van der Waals surface area contributed by atoms with E-state index < -0.39 is 11.7 Å². The van der Waals surface area contributed by atoms with E-state index in [2.05, 4.69) is 0 Å². The van der Waals surface area contributed by atoms with Crippen molar-refractivity contribution in [3.63, 3.8) is 0 Å². The molecule has 5 heteroatoms. The van der Waals surface area contributed by atoms with Gasteiger partial charge in [-0.3, -0.25) is 10.0 Å². The zero-order valence-electron chi connectivity index (χ0n) is 7.70. The average molecular weight is 198 g/mol. The summed E-state index contributed by atoms with van der Waals surface area (Å²) in [6.07, 6.45) is 0. The van der Waals surface area contributed by atoms with Crippen molar-refractivity contribution >= 4 is 11.6 Å². The van der Waals surface area contributed by atoms with E-state index in [9.17, 15) is 9.18 Å². The molecule has 0 spiro atoms. The second-order valence-electron chi connectivity index (χ2n) is 2.84. The smallest absolute Gasteiger partial charge is 0.262 e. The number of rotatable bonds is 3. The monoisotopic (exact) mass is 198 g/mol. The van der Waals surface area contributed by atoms with Crippen LogP contribution in [0.1, 0.15) is 0 Å². The summed E-state index contributed by atoms with van der Waals surface area (Å²) < 4.78 is 13.2. The highest BCUT2D eigenvalue weighted by molar-refractivity contribution is 5.80. The summed E-state index contributed by atoms with van der Waals surface area (Å²) in [5.41, 5.74) is 1.80. The van der Waals surface area contributed by atoms with Crippen LogP contribution in [-0.4, -0.2) is 24.7 Å². The molecule has 1 rings (SSSR count). The Morgan fingerprint density at radius 1 is 1.57 bits per heavy atom. The van der Waals surface area contributed by atoms with Gasteiger partial charge < -0.3 is 4.90 Å². The molecule has 0 unspecified atom stereocenters. The Hall–Kier alpha value is -1.62. The highest BCUT2D eigenvalue weighted by Crippen LogP contribution is 2.16. The van der Waals surface area contributed by atoms with Crippen molar-refractivity contribution in [2.24, 2.45) is 0 Å². The molecule has 1 amide bonds. The van der Waals surface area contributed by atoms with Gasteiger partial charge in [-0.1, -0.05) is 12.1 Å². The first-order chi connectivity index (χ1) is 6.65. The lowest BCUT2D eigenvalue weighted by Crippen LogP contribution is -2.33. The van der Waals surface area contributed by atoms with E-state index in [1.54, 1.807) is 25.2 Å². The molecule has 0 saturated heterocycles. The Bertz CT molecular complexity index is 330. The average Bonchev–Trinajstić information content (AvgIpc) is 2.18. The second-order valence-corrected chi connectivity index (χ2v) is 2.84. The number of hydroxylamine groups is 1. The van der Waals surface area contributed by atoms with Crippen molar-refractivity contribution in [2.75, 3.05) is 18.5 Å². The van der Waals surface area contributed by atoms with Gasteiger partial charge in [-0.15, -0.1) is 0 Å². The summed E-state index contributed by atoms with van der Waals surface area (Å²) in [5, 5.41) is 8.28. The number of likely N-dealkylation sites (N-methyl/N-ethyl adjacent to an activating group) is 1. The fourth-order valence-corrected chi connectivity index (χ4v) is 1.10. The fraction of sp³-hybridized carbons (Fsp3) is 0.222. The van der Waals surface area contributed by atoms with E-state index in [0.717, 1.165) is 0 Å². The van der Waals surface area contributed by atoms with Crippen LogP contribution in [0.15, 0.2) is 24.3 Å². The zero-order valence-corrected chi connectivity index (χ0v) is 7.70. The number of para-hydroxylation sites is 1. The third-order valence-corrected chi connectivity index (χ3v) is 1.77. The molecule has 2 N–H and O–H groups in total. The van der Waals surface area contributed by atoms with Crippen molar-refractivity contribution in [1.29, 1.82) is 0 Å². The normalized spacial score (nSPS) is 9.64. The summed E-state index contributed by atoms with van der Waals surface area (Å²) in [4.78, 5) is 12.2. The van der Waals surface area contributed by atoms with Crippen LogP contribution >= 0.6 is 0 Å². The lowest BCUT2D eigenvalue weighted by molar-refractivity contribution is -0.127. The minimum atomic E-state index is -0.587. The maximum absolute atomic E-state index is 13.2. The number of anilines is 1. The molecular weight excluding hydrogens is 187 g/mol. The molecule has 0 saturated carbocycles. The maximum Gasteiger partial charge on any atom is 0.262 e. The Morgan fingerprint density at radius 2 is 2.21 bits per heavy atom. The minimum absolute atomic E-state index is 0.0998. The molecule has 0 aliphatic heterocycles. The van der Waals surface area contributed by atoms with E-state index in [-0.39, 0.29) is 6.54 Å². The van der Waals surface area contributed by atoms with Crippen LogP contribution in [0.5, 0.6) is 0 Å². The predicted molar refractivity (Wildman–Crippen MR) is 49.6 cm³/mol. The van der Waals surface area contributed by atoms with Crippen molar-refractivity contribution in [3.8, 4) is 0 Å². The molecule has 76 valence electrons. The standard InChI is InChI=1S/C9H11FN2O2/c1-12(6-9(13)11-14)8-5-3-2-4-7(8)10/h2-5,14H,6H2,1H3,(H,11,13). The van der Waals surface area contributed by atoms with Crippen LogP contribution < -0.4 is 10.4 Å². The third-order valence-electron chi connectivity index (χ3n) is 1.77. The van der Waals surface area contributed by atoms with E-state index in [1.165, 1.54) is 16.4 Å². The molecule has 1 aromatic rings. The molecule has 4 nitrogen and oxygen atoms in total. The van der Waals surface area contributed by atoms with E-state index >= 15 is 0 Å². The topological polar surface area (TPSA) is 52.6 Å². The molecule has 0 radical (unpaired) electrons. The van der Waals surface area contributed by atoms with Crippen molar-refractivity contribution in [3.05, 3.63) is 30.1 Å². The van der Waals surface area contributed by atoms with E-state index in [1.807, 2.05) is 0 Å². The number of halogens is 1. The number of hydrogen-bond acceptors (Lipinski definition) is 3. The van der Waals surface area contributed by atoms with E-state index in [0.29, 0.717) is 5.69 Å². The molecular formula is C9H11FN2O2. The first-order valence-electron chi connectivity index (χ1n) is 4.03. The molecule has 0 heterocycles. The van der Waals surface area contributed by atoms with Crippen LogP contribution in [0, 0.1) is 5.82 Å². The summed E-state index contributed by atoms with van der Waals surface area (Å²) in [7, 11) is 1.56. The van der Waals surface area contributed by atoms with Gasteiger partial charge in [0.15, 0.2) is 0 Å². The quantitative estimate of drug-likeness (QED) is 0.557. The Balaban J connectivity index is 2.74. The van der Waals surface area contributed by atoms with Gasteiger partial charge in [0.1, 0.15) is 5.82 Å². The Morgan fingerprint density at radius 3 is 2.79 bits per heavy atom. The Kier molecular flexibility index (Phi) is 3.41. The van der Waals surface area contributed by atoms with Gasteiger partial charge in [0.25, 0.3) is 5.91 Å². The van der Waals surface area contributed by atoms with Gasteiger partial charge in [0, 0.05) is 7.05 Å². The predicted octanol–water partition coefficient (Wildman–Crippen LogP) is 0.767. The lowest BCUT2D eigenvalue weighted by Gasteiger charge is -2.18. The molecule has 1 aromatic carbocycles. The van der Waals surface area contributed by atoms with E-state index in [4.69, 9.17) is 5.21 Å². The second kappa shape index (κ2) is 4.57. The van der Waals surface area contributed by atoms with Gasteiger partial charge in [-0.25, -0.2) is 9.87 Å². The number of carbonyl (C=O) groups is 1. The van der Waals surface area contributed by atoms with Gasteiger partial charge in [-0.05, 0) is 12.1 Å². The molecule has 14 heavy (non-hydrogen) atoms. The van der Waals surface area contributed by atoms with Crippen molar-refractivity contribution < 1.29 is 14.4 Å². The van der Waals surface area contributed by atoms with Gasteiger partial charge in [0.2, 0.25) is 0 Å². The molecule has 0 aliphatic rings. The van der Waals surface area contributed by atoms with Crippen LogP contribution in [0.2, 0.25) is 0 Å². The minimum Gasteiger partial charge on any atom is -0.363 e. The zero-order chi connectivity index (χ0) is 10.6. The van der Waals surface area contributed by atoms with Gasteiger partial charge in [-0.2, -0.15) is 0 Å².